The molecular weight excluding hydrogens is 428 g/mol. The zero-order valence-electron chi connectivity index (χ0n) is 19.1. The van der Waals surface area contributed by atoms with Gasteiger partial charge in [0.2, 0.25) is 15.9 Å². The van der Waals surface area contributed by atoms with Gasteiger partial charge in [-0.3, -0.25) is 4.79 Å². The Hall–Kier alpha value is -2.58. The molecular formula is C24H32N2O5S. The quantitative estimate of drug-likeness (QED) is 0.652. The minimum Gasteiger partial charge on any atom is -0.493 e. The van der Waals surface area contributed by atoms with Crippen LogP contribution in [0.15, 0.2) is 47.4 Å². The molecule has 1 atom stereocenters. The molecule has 2 aromatic rings. The second kappa shape index (κ2) is 10.4. The molecule has 1 aliphatic rings. The summed E-state index contributed by atoms with van der Waals surface area (Å²) in [6.07, 6.45) is 1.34. The molecule has 1 heterocycles. The van der Waals surface area contributed by atoms with Crippen molar-refractivity contribution in [1.29, 1.82) is 0 Å². The van der Waals surface area contributed by atoms with Crippen molar-refractivity contribution < 1.29 is 22.7 Å². The number of nitrogens with zero attached hydrogens (tertiary/aromatic N) is 1. The molecule has 8 heteroatoms. The number of carbonyl (C=O) groups excluding carboxylic acids is 1. The molecule has 0 aliphatic carbocycles. The fourth-order valence-corrected chi connectivity index (χ4v) is 5.26. The van der Waals surface area contributed by atoms with E-state index in [-0.39, 0.29) is 29.4 Å². The van der Waals surface area contributed by atoms with E-state index in [9.17, 15) is 13.2 Å². The van der Waals surface area contributed by atoms with Crippen LogP contribution >= 0.6 is 0 Å². The summed E-state index contributed by atoms with van der Waals surface area (Å²) in [5.41, 5.74) is 1.88. The summed E-state index contributed by atoms with van der Waals surface area (Å²) in [5, 5.41) is 2.94. The standard InChI is InChI=1S/C24H32N2O5S/c1-17(2)31-22-12-9-19(14-23(22)30-4)15-25-24(27)20-6-5-13-26(16-20)32(28,29)21-10-7-18(3)8-11-21/h7-12,14,17,20H,5-6,13,15-16H2,1-4H3,(H,25,27)/t20-/m1/s1. The van der Waals surface area contributed by atoms with Gasteiger partial charge in [0.15, 0.2) is 11.5 Å². The molecule has 1 N–H and O–H groups in total. The molecule has 1 amide bonds. The predicted octanol–water partition coefficient (Wildman–Crippen LogP) is 3.51. The second-order valence-electron chi connectivity index (χ2n) is 8.38. The van der Waals surface area contributed by atoms with Crippen LogP contribution in [0, 0.1) is 12.8 Å². The maximum Gasteiger partial charge on any atom is 0.243 e. The number of amides is 1. The first kappa shape index (κ1) is 24.1. The monoisotopic (exact) mass is 460 g/mol. The Morgan fingerprint density at radius 3 is 2.53 bits per heavy atom. The number of rotatable bonds is 8. The first-order chi connectivity index (χ1) is 15.2. The number of methoxy groups -OCH3 is 1. The summed E-state index contributed by atoms with van der Waals surface area (Å²) in [6.45, 7) is 6.75. The fraction of sp³-hybridized carbons (Fsp3) is 0.458. The van der Waals surface area contributed by atoms with E-state index < -0.39 is 10.0 Å². The van der Waals surface area contributed by atoms with Crippen molar-refractivity contribution in [2.75, 3.05) is 20.2 Å². The van der Waals surface area contributed by atoms with E-state index in [1.165, 1.54) is 4.31 Å². The van der Waals surface area contributed by atoms with Gasteiger partial charge in [-0.2, -0.15) is 4.31 Å². The van der Waals surface area contributed by atoms with Crippen LogP contribution in [0.1, 0.15) is 37.8 Å². The Morgan fingerprint density at radius 2 is 1.88 bits per heavy atom. The molecule has 174 valence electrons. The van der Waals surface area contributed by atoms with Crippen molar-refractivity contribution in [3.05, 3.63) is 53.6 Å². The molecule has 3 rings (SSSR count). The average Bonchev–Trinajstić information content (AvgIpc) is 2.78. The largest absolute Gasteiger partial charge is 0.493 e. The van der Waals surface area contributed by atoms with Crippen LogP contribution in [0.3, 0.4) is 0 Å². The van der Waals surface area contributed by atoms with E-state index in [2.05, 4.69) is 5.32 Å². The summed E-state index contributed by atoms with van der Waals surface area (Å²) in [6, 6.07) is 12.4. The number of carbonyl (C=O) groups is 1. The fourth-order valence-electron chi connectivity index (χ4n) is 3.74. The summed E-state index contributed by atoms with van der Waals surface area (Å²) >= 11 is 0. The third-order valence-electron chi connectivity index (χ3n) is 5.47. The van der Waals surface area contributed by atoms with E-state index in [1.807, 2.05) is 39.0 Å². The number of ether oxygens (including phenoxy) is 2. The number of hydrogen-bond donors (Lipinski definition) is 1. The average molecular weight is 461 g/mol. The van der Waals surface area contributed by atoms with Gasteiger partial charge >= 0.3 is 0 Å². The maximum atomic E-state index is 13.0. The first-order valence-electron chi connectivity index (χ1n) is 10.9. The van der Waals surface area contributed by atoms with Crippen LogP contribution < -0.4 is 14.8 Å². The highest BCUT2D eigenvalue weighted by molar-refractivity contribution is 7.89. The highest BCUT2D eigenvalue weighted by atomic mass is 32.2. The third kappa shape index (κ3) is 5.81. The van der Waals surface area contributed by atoms with E-state index in [0.717, 1.165) is 11.1 Å². The number of nitrogens with one attached hydrogen (secondary N) is 1. The lowest BCUT2D eigenvalue weighted by Gasteiger charge is -2.31. The maximum absolute atomic E-state index is 13.0. The smallest absolute Gasteiger partial charge is 0.243 e. The molecule has 2 aromatic carbocycles. The molecule has 7 nitrogen and oxygen atoms in total. The minimum absolute atomic E-state index is 0.0277. The van der Waals surface area contributed by atoms with Gasteiger partial charge < -0.3 is 14.8 Å². The van der Waals surface area contributed by atoms with Crippen LogP contribution in [0.5, 0.6) is 11.5 Å². The minimum atomic E-state index is -3.61. The summed E-state index contributed by atoms with van der Waals surface area (Å²) < 4.78 is 38.5. The van der Waals surface area contributed by atoms with Crippen LogP contribution in [0.2, 0.25) is 0 Å². The molecule has 0 bridgehead atoms. The lowest BCUT2D eigenvalue weighted by atomic mass is 9.98. The normalized spacial score (nSPS) is 17.2. The molecule has 1 aliphatic heterocycles. The number of hydrogen-bond acceptors (Lipinski definition) is 5. The molecule has 0 spiro atoms. The Balaban J connectivity index is 1.62. The molecule has 0 unspecified atom stereocenters. The van der Waals surface area contributed by atoms with Gasteiger partial charge in [-0.05, 0) is 63.4 Å². The Bertz CT molecular complexity index is 1030. The van der Waals surface area contributed by atoms with Gasteiger partial charge in [-0.15, -0.1) is 0 Å². The third-order valence-corrected chi connectivity index (χ3v) is 7.35. The predicted molar refractivity (Wildman–Crippen MR) is 123 cm³/mol. The van der Waals surface area contributed by atoms with E-state index in [1.54, 1.807) is 31.4 Å². The van der Waals surface area contributed by atoms with Crippen molar-refractivity contribution in [3.63, 3.8) is 0 Å². The Morgan fingerprint density at radius 1 is 1.16 bits per heavy atom. The van der Waals surface area contributed by atoms with Crippen LogP contribution in [-0.4, -0.2) is 44.9 Å². The number of piperidine rings is 1. The van der Waals surface area contributed by atoms with Crippen molar-refractivity contribution >= 4 is 15.9 Å². The topological polar surface area (TPSA) is 84.9 Å². The van der Waals surface area contributed by atoms with Gasteiger partial charge in [0.05, 0.1) is 24.0 Å². The van der Waals surface area contributed by atoms with Gasteiger partial charge in [0.25, 0.3) is 0 Å². The van der Waals surface area contributed by atoms with Gasteiger partial charge in [0.1, 0.15) is 0 Å². The van der Waals surface area contributed by atoms with Gasteiger partial charge in [-0.1, -0.05) is 23.8 Å². The Kier molecular flexibility index (Phi) is 7.79. The molecule has 1 fully saturated rings. The summed E-state index contributed by atoms with van der Waals surface area (Å²) in [7, 11) is -2.03. The second-order valence-corrected chi connectivity index (χ2v) is 10.3. The lowest BCUT2D eigenvalue weighted by Crippen LogP contribution is -2.45. The van der Waals surface area contributed by atoms with Crippen molar-refractivity contribution in [3.8, 4) is 11.5 Å². The summed E-state index contributed by atoms with van der Waals surface area (Å²) in [5.74, 6) is 0.741. The molecule has 0 saturated carbocycles. The number of sulfonamides is 1. The molecule has 32 heavy (non-hydrogen) atoms. The van der Waals surface area contributed by atoms with E-state index in [4.69, 9.17) is 9.47 Å². The van der Waals surface area contributed by atoms with Crippen molar-refractivity contribution in [1.82, 2.24) is 9.62 Å². The zero-order chi connectivity index (χ0) is 23.3. The highest BCUT2D eigenvalue weighted by Crippen LogP contribution is 2.29. The lowest BCUT2D eigenvalue weighted by molar-refractivity contribution is -0.126. The summed E-state index contributed by atoms with van der Waals surface area (Å²) in [4.78, 5) is 13.1. The number of aryl methyl sites for hydroxylation is 1. The van der Waals surface area contributed by atoms with Crippen LogP contribution in [-0.2, 0) is 21.4 Å². The molecule has 0 aromatic heterocycles. The molecule has 1 saturated heterocycles. The highest BCUT2D eigenvalue weighted by Gasteiger charge is 2.33. The van der Waals surface area contributed by atoms with Gasteiger partial charge in [-0.25, -0.2) is 8.42 Å². The van der Waals surface area contributed by atoms with Crippen LogP contribution in [0.4, 0.5) is 0 Å². The zero-order valence-corrected chi connectivity index (χ0v) is 19.9. The van der Waals surface area contributed by atoms with Crippen molar-refractivity contribution in [2.24, 2.45) is 5.92 Å². The molecule has 0 radical (unpaired) electrons. The SMILES string of the molecule is COc1cc(CNC(=O)[C@@H]2CCCN(S(=O)(=O)c3ccc(C)cc3)C2)ccc1OC(C)C. The van der Waals surface area contributed by atoms with Gasteiger partial charge in [0, 0.05) is 19.6 Å². The number of benzene rings is 2. The van der Waals surface area contributed by atoms with E-state index >= 15 is 0 Å². The first-order valence-corrected chi connectivity index (χ1v) is 12.3. The van der Waals surface area contributed by atoms with Crippen LogP contribution in [0.25, 0.3) is 0 Å². The van der Waals surface area contributed by atoms with E-state index in [0.29, 0.717) is 37.4 Å². The van der Waals surface area contributed by atoms with Crippen molar-refractivity contribution in [2.45, 2.75) is 51.2 Å². The Labute approximate surface area is 190 Å².